The van der Waals surface area contributed by atoms with Crippen molar-refractivity contribution < 1.29 is 14.7 Å². The molecule has 40 heavy (non-hydrogen) atoms. The summed E-state index contributed by atoms with van der Waals surface area (Å²) in [5.74, 6) is 0.185. The summed E-state index contributed by atoms with van der Waals surface area (Å²) in [6, 6.07) is 22.9. The minimum atomic E-state index is -1.03. The van der Waals surface area contributed by atoms with E-state index in [1.54, 1.807) is 30.3 Å². The molecule has 3 atom stereocenters. The molecule has 9 heteroatoms. The zero-order chi connectivity index (χ0) is 28.1. The van der Waals surface area contributed by atoms with Gasteiger partial charge in [0.1, 0.15) is 0 Å². The minimum Gasteiger partial charge on any atom is -0.369 e. The highest BCUT2D eigenvalue weighted by atomic mass is 35.5. The molecule has 0 radical (unpaired) electrons. The number of aliphatic hydroxyl groups excluding tert-OH is 1. The molecule has 0 bridgehead atoms. The average molecular weight is 562 g/mol. The summed E-state index contributed by atoms with van der Waals surface area (Å²) >= 11 is 6.16. The van der Waals surface area contributed by atoms with Crippen LogP contribution in [0.4, 0.5) is 16.2 Å². The van der Waals surface area contributed by atoms with E-state index in [9.17, 15) is 14.7 Å². The van der Waals surface area contributed by atoms with Gasteiger partial charge in [-0.25, -0.2) is 4.79 Å². The monoisotopic (exact) mass is 561 g/mol. The van der Waals surface area contributed by atoms with Gasteiger partial charge in [0.2, 0.25) is 0 Å². The molecule has 3 aromatic carbocycles. The molecule has 4 N–H and O–H groups in total. The predicted octanol–water partition coefficient (Wildman–Crippen LogP) is 4.97. The van der Waals surface area contributed by atoms with Crippen LogP contribution >= 0.6 is 11.6 Å². The summed E-state index contributed by atoms with van der Waals surface area (Å²) in [4.78, 5) is 29.7. The van der Waals surface area contributed by atoms with Crippen LogP contribution < -0.4 is 20.9 Å². The lowest BCUT2D eigenvalue weighted by molar-refractivity contribution is 0.0950. The first-order chi connectivity index (χ1) is 19.4. The number of urea groups is 1. The highest BCUT2D eigenvalue weighted by Gasteiger charge is 2.39. The summed E-state index contributed by atoms with van der Waals surface area (Å²) < 4.78 is 0. The first-order valence-electron chi connectivity index (χ1n) is 13.9. The van der Waals surface area contributed by atoms with Crippen molar-refractivity contribution in [2.75, 3.05) is 42.9 Å². The lowest BCUT2D eigenvalue weighted by Crippen LogP contribution is -2.42. The third kappa shape index (κ3) is 6.69. The Bertz CT molecular complexity index is 1340. The molecule has 3 aromatic rings. The second-order valence-electron chi connectivity index (χ2n) is 10.3. The number of rotatable bonds is 8. The van der Waals surface area contributed by atoms with Crippen molar-refractivity contribution in [3.8, 4) is 0 Å². The Hall–Kier alpha value is -3.75. The second-order valence-corrected chi connectivity index (χ2v) is 10.8. The quantitative estimate of drug-likeness (QED) is 0.291. The third-order valence-electron chi connectivity index (χ3n) is 7.50. The van der Waals surface area contributed by atoms with E-state index < -0.39 is 6.23 Å². The van der Waals surface area contributed by atoms with E-state index in [0.29, 0.717) is 53.9 Å². The Labute approximate surface area is 240 Å². The van der Waals surface area contributed by atoms with E-state index in [4.69, 9.17) is 11.6 Å². The maximum atomic E-state index is 13.3. The fourth-order valence-electron chi connectivity index (χ4n) is 5.28. The van der Waals surface area contributed by atoms with E-state index in [0.717, 1.165) is 25.1 Å². The highest BCUT2D eigenvalue weighted by Crippen LogP contribution is 2.41. The number of carbonyl (C=O) groups excluding carboxylic acids is 2. The summed E-state index contributed by atoms with van der Waals surface area (Å²) in [5.41, 5.74) is 3.88. The molecule has 1 saturated heterocycles. The second kappa shape index (κ2) is 12.6. The Morgan fingerprint density at radius 2 is 1.82 bits per heavy atom. The number of nitrogens with one attached hydrogen (secondary N) is 3. The van der Waals surface area contributed by atoms with Gasteiger partial charge in [-0.1, -0.05) is 54.1 Å². The number of hydrogen-bond donors (Lipinski definition) is 4. The smallest absolute Gasteiger partial charge is 0.317 e. The van der Waals surface area contributed by atoms with Gasteiger partial charge in [-0.15, -0.1) is 0 Å². The normalized spacial score (nSPS) is 19.4. The highest BCUT2D eigenvalue weighted by molar-refractivity contribution is 6.30. The SMILES string of the molecule is CCNC(=O)N1CCCN(c2ccc(C(=O)N[C@@H]3C[C@H]3c3ccccc3)cc2NC(O)c2cccc(Cl)c2)CC1. The number of benzene rings is 3. The van der Waals surface area contributed by atoms with Crippen LogP contribution in [0.25, 0.3) is 0 Å². The molecule has 2 aliphatic rings. The molecular weight excluding hydrogens is 526 g/mol. The summed E-state index contributed by atoms with van der Waals surface area (Å²) in [5, 5.41) is 20.8. The average Bonchev–Trinajstić information content (AvgIpc) is 3.76. The van der Waals surface area contributed by atoms with Crippen molar-refractivity contribution in [3.05, 3.63) is 94.5 Å². The van der Waals surface area contributed by atoms with Crippen LogP contribution in [-0.4, -0.2) is 60.7 Å². The van der Waals surface area contributed by atoms with Gasteiger partial charge in [-0.05, 0) is 55.7 Å². The fraction of sp³-hybridized carbons (Fsp3) is 0.355. The van der Waals surface area contributed by atoms with Gasteiger partial charge >= 0.3 is 6.03 Å². The van der Waals surface area contributed by atoms with Crippen LogP contribution in [0.15, 0.2) is 72.8 Å². The molecule has 8 nitrogen and oxygen atoms in total. The lowest BCUT2D eigenvalue weighted by atomic mass is 10.1. The zero-order valence-electron chi connectivity index (χ0n) is 22.6. The van der Waals surface area contributed by atoms with Gasteiger partial charge in [-0.3, -0.25) is 4.79 Å². The molecule has 5 rings (SSSR count). The lowest BCUT2D eigenvalue weighted by Gasteiger charge is -2.28. The van der Waals surface area contributed by atoms with Gasteiger partial charge in [0, 0.05) is 60.8 Å². The van der Waals surface area contributed by atoms with Crippen molar-refractivity contribution in [2.45, 2.75) is 38.0 Å². The summed E-state index contributed by atoms with van der Waals surface area (Å²) in [6.07, 6.45) is 0.695. The van der Waals surface area contributed by atoms with Crippen LogP contribution in [0, 0.1) is 0 Å². The molecule has 1 unspecified atom stereocenters. The molecule has 210 valence electrons. The molecule has 1 saturated carbocycles. The van der Waals surface area contributed by atoms with E-state index in [2.05, 4.69) is 33.0 Å². The van der Waals surface area contributed by atoms with Gasteiger partial charge in [0.05, 0.1) is 11.4 Å². The number of nitrogens with zero attached hydrogens (tertiary/aromatic N) is 2. The third-order valence-corrected chi connectivity index (χ3v) is 7.74. The van der Waals surface area contributed by atoms with Crippen LogP contribution in [-0.2, 0) is 0 Å². The van der Waals surface area contributed by atoms with Crippen molar-refractivity contribution in [2.24, 2.45) is 0 Å². The van der Waals surface area contributed by atoms with Crippen molar-refractivity contribution in [1.29, 1.82) is 0 Å². The number of hydrogen-bond acceptors (Lipinski definition) is 5. The molecule has 2 fully saturated rings. The standard InChI is InChI=1S/C31H36ClN5O3/c1-2-33-31(40)37-15-7-14-36(16-17-37)28-13-12-23(19-27(28)35-29(38)22-10-6-11-24(32)18-22)30(39)34-26-20-25(26)21-8-4-3-5-9-21/h3-6,8-13,18-19,25-26,29,35,38H,2,7,14-17,20H2,1H3,(H,33,40)(H,34,39)/t25-,26+,29?/m0/s1. The summed E-state index contributed by atoms with van der Waals surface area (Å²) in [7, 11) is 0. The molecule has 1 aliphatic heterocycles. The van der Waals surface area contributed by atoms with Crippen LogP contribution in [0.3, 0.4) is 0 Å². The number of carbonyl (C=O) groups is 2. The van der Waals surface area contributed by atoms with E-state index in [1.165, 1.54) is 5.56 Å². The van der Waals surface area contributed by atoms with Gasteiger partial charge < -0.3 is 30.9 Å². The molecular formula is C31H36ClN5O3. The Morgan fingerprint density at radius 3 is 2.60 bits per heavy atom. The molecule has 0 spiro atoms. The largest absolute Gasteiger partial charge is 0.369 e. The number of halogens is 1. The van der Waals surface area contributed by atoms with Crippen molar-refractivity contribution in [1.82, 2.24) is 15.5 Å². The molecule has 1 aliphatic carbocycles. The first-order valence-corrected chi connectivity index (χ1v) is 14.3. The van der Waals surface area contributed by atoms with Gasteiger partial charge in [0.25, 0.3) is 5.91 Å². The summed E-state index contributed by atoms with van der Waals surface area (Å²) in [6.45, 7) is 5.11. The van der Waals surface area contributed by atoms with Gasteiger partial charge in [-0.2, -0.15) is 0 Å². The number of amides is 3. The zero-order valence-corrected chi connectivity index (χ0v) is 23.4. The topological polar surface area (TPSA) is 96.9 Å². The molecule has 3 amide bonds. The number of anilines is 2. The molecule has 1 heterocycles. The maximum Gasteiger partial charge on any atom is 0.317 e. The van der Waals surface area contributed by atoms with E-state index in [-0.39, 0.29) is 18.0 Å². The fourth-order valence-corrected chi connectivity index (χ4v) is 5.47. The van der Waals surface area contributed by atoms with Gasteiger partial charge in [0.15, 0.2) is 6.23 Å². The first kappa shape index (κ1) is 27.8. The minimum absolute atomic E-state index is 0.0556. The predicted molar refractivity (Wildman–Crippen MR) is 159 cm³/mol. The van der Waals surface area contributed by atoms with E-state index in [1.807, 2.05) is 42.2 Å². The van der Waals surface area contributed by atoms with E-state index >= 15 is 0 Å². The Kier molecular flexibility index (Phi) is 8.77. The van der Waals surface area contributed by atoms with Crippen molar-refractivity contribution >= 4 is 34.9 Å². The van der Waals surface area contributed by atoms with Crippen LogP contribution in [0.1, 0.15) is 53.4 Å². The maximum absolute atomic E-state index is 13.3. The number of aliphatic hydroxyl groups is 1. The Morgan fingerprint density at radius 1 is 1.00 bits per heavy atom. The molecule has 0 aromatic heterocycles. The Balaban J connectivity index is 1.35. The van der Waals surface area contributed by atoms with Crippen LogP contribution in [0.2, 0.25) is 5.02 Å². The van der Waals surface area contributed by atoms with Crippen molar-refractivity contribution in [3.63, 3.8) is 0 Å². The van der Waals surface area contributed by atoms with Crippen LogP contribution in [0.5, 0.6) is 0 Å².